The van der Waals surface area contributed by atoms with Crippen molar-refractivity contribution in [2.24, 2.45) is 0 Å². The van der Waals surface area contributed by atoms with Gasteiger partial charge in [0.25, 0.3) is 0 Å². The standard InChI is InChI=1S/C20H19N3/c1-4-11-22(12-5-1)15-8-9-19-18(14-15)16-6-2-3-7-17(16)20-21-10-13-23(19)20/h2-3,6-10,13-14H,1,4-5,11-12H2. The van der Waals surface area contributed by atoms with Gasteiger partial charge < -0.3 is 4.90 Å². The van der Waals surface area contributed by atoms with Crippen molar-refractivity contribution in [2.45, 2.75) is 19.3 Å². The SMILES string of the molecule is c1ccc2c(c1)c1cc(N3CCCCC3)ccc1n1ccnc21. The zero-order valence-electron chi connectivity index (χ0n) is 13.1. The van der Waals surface area contributed by atoms with Gasteiger partial charge in [-0.3, -0.25) is 4.40 Å². The third-order valence-electron chi connectivity index (χ3n) is 5.06. The van der Waals surface area contributed by atoms with Gasteiger partial charge in [-0.1, -0.05) is 24.3 Å². The lowest BCUT2D eigenvalue weighted by atomic mass is 10.0. The van der Waals surface area contributed by atoms with Crippen molar-refractivity contribution < 1.29 is 0 Å². The fourth-order valence-corrected chi connectivity index (χ4v) is 3.91. The third-order valence-corrected chi connectivity index (χ3v) is 5.06. The summed E-state index contributed by atoms with van der Waals surface area (Å²) in [5.41, 5.74) is 3.62. The lowest BCUT2D eigenvalue weighted by molar-refractivity contribution is 0.578. The summed E-state index contributed by atoms with van der Waals surface area (Å²) >= 11 is 0. The highest BCUT2D eigenvalue weighted by Crippen LogP contribution is 2.32. The van der Waals surface area contributed by atoms with Crippen LogP contribution in [-0.2, 0) is 0 Å². The van der Waals surface area contributed by atoms with Crippen LogP contribution in [0.1, 0.15) is 19.3 Å². The Balaban J connectivity index is 1.84. The number of anilines is 1. The summed E-state index contributed by atoms with van der Waals surface area (Å²) in [6.07, 6.45) is 7.92. The summed E-state index contributed by atoms with van der Waals surface area (Å²) in [4.78, 5) is 7.09. The molecule has 1 aliphatic rings. The van der Waals surface area contributed by atoms with Gasteiger partial charge in [-0.15, -0.1) is 0 Å². The van der Waals surface area contributed by atoms with Crippen molar-refractivity contribution in [1.82, 2.24) is 9.38 Å². The smallest absolute Gasteiger partial charge is 0.145 e. The number of fused-ring (bicyclic) bond motifs is 6. The number of nitrogens with zero attached hydrogens (tertiary/aromatic N) is 3. The van der Waals surface area contributed by atoms with Crippen LogP contribution in [0.4, 0.5) is 5.69 Å². The van der Waals surface area contributed by atoms with Crippen molar-refractivity contribution in [1.29, 1.82) is 0 Å². The van der Waals surface area contributed by atoms with Crippen LogP contribution >= 0.6 is 0 Å². The Morgan fingerprint density at radius 1 is 0.826 bits per heavy atom. The first-order chi connectivity index (χ1) is 11.4. The molecule has 3 heteroatoms. The quantitative estimate of drug-likeness (QED) is 0.478. The highest BCUT2D eigenvalue weighted by Gasteiger charge is 2.14. The number of aromatic nitrogens is 2. The normalized spacial score (nSPS) is 15.7. The Kier molecular flexibility index (Phi) is 2.80. The molecular formula is C20H19N3. The average Bonchev–Trinajstić information content (AvgIpc) is 3.12. The molecule has 1 saturated heterocycles. The van der Waals surface area contributed by atoms with E-state index < -0.39 is 0 Å². The Morgan fingerprint density at radius 2 is 1.65 bits per heavy atom. The Labute approximate surface area is 135 Å². The van der Waals surface area contributed by atoms with Crippen LogP contribution < -0.4 is 4.90 Å². The maximum Gasteiger partial charge on any atom is 0.145 e. The van der Waals surface area contributed by atoms with E-state index in [0.29, 0.717) is 0 Å². The van der Waals surface area contributed by atoms with Gasteiger partial charge in [0.2, 0.25) is 0 Å². The highest BCUT2D eigenvalue weighted by molar-refractivity contribution is 6.12. The van der Waals surface area contributed by atoms with Gasteiger partial charge >= 0.3 is 0 Å². The van der Waals surface area contributed by atoms with Crippen LogP contribution in [0, 0.1) is 0 Å². The van der Waals surface area contributed by atoms with Crippen molar-refractivity contribution in [3.05, 3.63) is 54.9 Å². The van der Waals surface area contributed by atoms with E-state index in [1.54, 1.807) is 0 Å². The maximum absolute atomic E-state index is 4.56. The molecule has 23 heavy (non-hydrogen) atoms. The zero-order valence-corrected chi connectivity index (χ0v) is 13.1. The van der Waals surface area contributed by atoms with Gasteiger partial charge in [0.05, 0.1) is 5.52 Å². The molecule has 3 heterocycles. The molecule has 2 aromatic carbocycles. The van der Waals surface area contributed by atoms with Crippen molar-refractivity contribution in [3.8, 4) is 0 Å². The average molecular weight is 301 g/mol. The van der Waals surface area contributed by atoms with Gasteiger partial charge in [-0.05, 0) is 42.8 Å². The van der Waals surface area contributed by atoms with Crippen LogP contribution in [-0.4, -0.2) is 22.5 Å². The molecule has 0 atom stereocenters. The fraction of sp³-hybridized carbons (Fsp3) is 0.250. The van der Waals surface area contributed by atoms with Crippen LogP contribution in [0.2, 0.25) is 0 Å². The van der Waals surface area contributed by atoms with E-state index in [-0.39, 0.29) is 0 Å². The van der Waals surface area contributed by atoms with E-state index in [1.807, 2.05) is 6.20 Å². The molecule has 0 N–H and O–H groups in total. The number of imidazole rings is 1. The van der Waals surface area contributed by atoms with Crippen LogP contribution in [0.3, 0.4) is 0 Å². The van der Waals surface area contributed by atoms with E-state index in [9.17, 15) is 0 Å². The first kappa shape index (κ1) is 12.9. The second kappa shape index (κ2) is 4.98. The lowest BCUT2D eigenvalue weighted by Crippen LogP contribution is -2.29. The number of benzene rings is 2. The van der Waals surface area contributed by atoms with E-state index in [4.69, 9.17) is 0 Å². The summed E-state index contributed by atoms with van der Waals surface area (Å²) in [6.45, 7) is 2.35. The van der Waals surface area contributed by atoms with E-state index in [2.05, 4.69) is 62.9 Å². The van der Waals surface area contributed by atoms with Crippen LogP contribution in [0.5, 0.6) is 0 Å². The van der Waals surface area contributed by atoms with E-state index >= 15 is 0 Å². The predicted octanol–water partition coefficient (Wildman–Crippen LogP) is 4.63. The largest absolute Gasteiger partial charge is 0.372 e. The van der Waals surface area contributed by atoms with Crippen molar-refractivity contribution >= 4 is 33.0 Å². The topological polar surface area (TPSA) is 20.5 Å². The zero-order chi connectivity index (χ0) is 15.2. The van der Waals surface area contributed by atoms with Gasteiger partial charge in [0.15, 0.2) is 0 Å². The minimum Gasteiger partial charge on any atom is -0.372 e. The minimum atomic E-state index is 1.04. The van der Waals surface area contributed by atoms with E-state index in [0.717, 1.165) is 5.65 Å². The van der Waals surface area contributed by atoms with Gasteiger partial charge in [0, 0.05) is 41.9 Å². The molecule has 4 aromatic rings. The van der Waals surface area contributed by atoms with Gasteiger partial charge in [0.1, 0.15) is 5.65 Å². The number of hydrogen-bond donors (Lipinski definition) is 0. The molecular weight excluding hydrogens is 282 g/mol. The van der Waals surface area contributed by atoms with Gasteiger partial charge in [-0.2, -0.15) is 0 Å². The molecule has 0 saturated carbocycles. The molecule has 0 aliphatic carbocycles. The van der Waals surface area contributed by atoms with Crippen LogP contribution in [0.25, 0.3) is 27.3 Å². The Hall–Kier alpha value is -2.55. The van der Waals surface area contributed by atoms with Crippen molar-refractivity contribution in [2.75, 3.05) is 18.0 Å². The Bertz CT molecular complexity index is 1010. The van der Waals surface area contributed by atoms with Crippen molar-refractivity contribution in [3.63, 3.8) is 0 Å². The summed E-state index contributed by atoms with van der Waals surface area (Å²) in [6, 6.07) is 15.5. The third kappa shape index (κ3) is 1.93. The monoisotopic (exact) mass is 301 g/mol. The van der Waals surface area contributed by atoms with Gasteiger partial charge in [-0.25, -0.2) is 4.98 Å². The summed E-state index contributed by atoms with van der Waals surface area (Å²) in [5.74, 6) is 0. The lowest BCUT2D eigenvalue weighted by Gasteiger charge is -2.29. The minimum absolute atomic E-state index is 1.04. The number of hydrogen-bond acceptors (Lipinski definition) is 2. The number of piperidine rings is 1. The second-order valence-electron chi connectivity index (χ2n) is 6.42. The van der Waals surface area contributed by atoms with E-state index in [1.165, 1.54) is 59.7 Å². The molecule has 0 radical (unpaired) electrons. The molecule has 2 aromatic heterocycles. The predicted molar refractivity (Wildman–Crippen MR) is 96.3 cm³/mol. The number of pyridine rings is 1. The molecule has 0 unspecified atom stereocenters. The molecule has 0 spiro atoms. The fourth-order valence-electron chi connectivity index (χ4n) is 3.91. The second-order valence-corrected chi connectivity index (χ2v) is 6.42. The number of rotatable bonds is 1. The summed E-state index contributed by atoms with van der Waals surface area (Å²) in [7, 11) is 0. The summed E-state index contributed by atoms with van der Waals surface area (Å²) < 4.78 is 2.21. The molecule has 3 nitrogen and oxygen atoms in total. The molecule has 5 rings (SSSR count). The molecule has 1 aliphatic heterocycles. The molecule has 1 fully saturated rings. The van der Waals surface area contributed by atoms with Crippen LogP contribution in [0.15, 0.2) is 54.9 Å². The molecule has 0 bridgehead atoms. The highest BCUT2D eigenvalue weighted by atomic mass is 15.1. The first-order valence-electron chi connectivity index (χ1n) is 8.44. The summed E-state index contributed by atoms with van der Waals surface area (Å²) in [5, 5.41) is 3.83. The first-order valence-corrected chi connectivity index (χ1v) is 8.44. The maximum atomic E-state index is 4.56. The molecule has 0 amide bonds. The Morgan fingerprint density at radius 3 is 2.52 bits per heavy atom. The molecule has 114 valence electrons.